The quantitative estimate of drug-likeness (QED) is 0.672. The van der Waals surface area contributed by atoms with Crippen LogP contribution in [0.15, 0.2) is 48.7 Å². The number of hydrogen-bond acceptors (Lipinski definition) is 3. The number of rotatable bonds is 3. The minimum absolute atomic E-state index is 0.00533. The van der Waals surface area contributed by atoms with Crippen LogP contribution in [0.2, 0.25) is 0 Å². The molecule has 6 heteroatoms. The molecular formula is C25H23N3O3. The molecule has 6 nitrogen and oxygen atoms in total. The van der Waals surface area contributed by atoms with E-state index in [1.807, 2.05) is 47.5 Å². The number of nitrogens with one attached hydrogen (secondary N) is 1. The molecule has 1 N–H and O–H groups in total. The molecule has 2 aliphatic heterocycles. The van der Waals surface area contributed by atoms with E-state index in [9.17, 15) is 9.59 Å². The molecule has 5 rings (SSSR count). The zero-order chi connectivity index (χ0) is 21.4. The molecule has 3 heterocycles. The molecule has 2 fully saturated rings. The molecule has 31 heavy (non-hydrogen) atoms. The zero-order valence-corrected chi connectivity index (χ0v) is 17.1. The number of carbonyl (C=O) groups is 2. The van der Waals surface area contributed by atoms with E-state index < -0.39 is 0 Å². The highest BCUT2D eigenvalue weighted by atomic mass is 16.5. The van der Waals surface area contributed by atoms with Gasteiger partial charge in [0.2, 0.25) is 0 Å². The van der Waals surface area contributed by atoms with Crippen LogP contribution in [0.1, 0.15) is 22.3 Å². The fraction of sp³-hybridized carbons (Fsp3) is 0.280. The fourth-order valence-electron chi connectivity index (χ4n) is 4.17. The first kappa shape index (κ1) is 19.4. The lowest BCUT2D eigenvalue weighted by Gasteiger charge is -2.38. The third-order valence-electron chi connectivity index (χ3n) is 6.16. The molecule has 1 atom stereocenters. The van der Waals surface area contributed by atoms with Crippen molar-refractivity contribution in [2.75, 3.05) is 32.8 Å². The van der Waals surface area contributed by atoms with Gasteiger partial charge in [0.15, 0.2) is 0 Å². The topological polar surface area (TPSA) is 65.6 Å². The van der Waals surface area contributed by atoms with Crippen LogP contribution < -0.4 is 0 Å². The van der Waals surface area contributed by atoms with Gasteiger partial charge in [-0.2, -0.15) is 0 Å². The maximum absolute atomic E-state index is 12.9. The van der Waals surface area contributed by atoms with E-state index in [4.69, 9.17) is 11.2 Å². The van der Waals surface area contributed by atoms with Gasteiger partial charge in [-0.05, 0) is 35.4 Å². The smallest absolute Gasteiger partial charge is 0.253 e. The average Bonchev–Trinajstić information content (AvgIpc) is 3.20. The minimum atomic E-state index is -0.281. The van der Waals surface area contributed by atoms with Gasteiger partial charge in [0, 0.05) is 60.8 Å². The number of nitrogens with zero attached hydrogens (tertiary/aromatic N) is 2. The normalized spacial score (nSPS) is 18.5. The molecule has 0 aliphatic carbocycles. The van der Waals surface area contributed by atoms with Crippen LogP contribution in [0.25, 0.3) is 22.0 Å². The number of fused-ring (bicyclic) bond motifs is 1. The number of aromatic amines is 1. The number of hydrogen-bond donors (Lipinski definition) is 1. The number of piperazine rings is 1. The lowest BCUT2D eigenvalue weighted by molar-refractivity contribution is -0.157. The Hall–Kier alpha value is -3.56. The first-order valence-electron chi connectivity index (χ1n) is 10.5. The maximum atomic E-state index is 12.9. The fourth-order valence-corrected chi connectivity index (χ4v) is 4.17. The number of ether oxygens (including phenoxy) is 1. The van der Waals surface area contributed by atoms with Gasteiger partial charge in [-0.15, -0.1) is 6.42 Å². The van der Waals surface area contributed by atoms with E-state index in [1.54, 1.807) is 4.90 Å². The summed E-state index contributed by atoms with van der Waals surface area (Å²) < 4.78 is 5.29. The predicted molar refractivity (Wildman–Crippen MR) is 119 cm³/mol. The van der Waals surface area contributed by atoms with Crippen LogP contribution >= 0.6 is 0 Å². The summed E-state index contributed by atoms with van der Waals surface area (Å²) in [5, 5.41) is 1.01. The molecule has 1 aromatic heterocycles. The molecule has 2 aromatic carbocycles. The second-order valence-electron chi connectivity index (χ2n) is 7.95. The summed E-state index contributed by atoms with van der Waals surface area (Å²) in [5.41, 5.74) is 4.57. The van der Waals surface area contributed by atoms with Gasteiger partial charge in [-0.3, -0.25) is 9.59 Å². The van der Waals surface area contributed by atoms with E-state index in [0.29, 0.717) is 38.3 Å². The van der Waals surface area contributed by atoms with Crippen molar-refractivity contribution in [2.45, 2.75) is 12.5 Å². The molecule has 1 unspecified atom stereocenters. The molecule has 2 amide bonds. The van der Waals surface area contributed by atoms with E-state index in [-0.39, 0.29) is 17.9 Å². The van der Waals surface area contributed by atoms with Crippen molar-refractivity contribution in [1.29, 1.82) is 0 Å². The third-order valence-corrected chi connectivity index (χ3v) is 6.16. The number of terminal acetylenes is 1. The number of H-pyrrole nitrogens is 1. The Kier molecular flexibility index (Phi) is 4.97. The molecule has 156 valence electrons. The summed E-state index contributed by atoms with van der Waals surface area (Å²) in [6.45, 7) is 2.85. The van der Waals surface area contributed by atoms with E-state index in [2.05, 4.69) is 17.0 Å². The van der Waals surface area contributed by atoms with Crippen molar-refractivity contribution < 1.29 is 14.3 Å². The van der Waals surface area contributed by atoms with Crippen molar-refractivity contribution in [2.24, 2.45) is 0 Å². The Morgan fingerprint density at radius 1 is 1.00 bits per heavy atom. The predicted octanol–water partition coefficient (Wildman–Crippen LogP) is 2.89. The number of amides is 2. The standard InChI is InChI=1S/C25H23N3O3/c1-2-17-16-26-22-8-7-20(15-21(17)22)18-3-5-19(6-4-18)24(29)27-10-12-28(13-11-27)25(30)23-9-14-31-23/h1,3-8,15-16,23,26H,9-14H2. The highest BCUT2D eigenvalue weighted by molar-refractivity contribution is 5.95. The number of aromatic nitrogens is 1. The van der Waals surface area contributed by atoms with Gasteiger partial charge >= 0.3 is 0 Å². The van der Waals surface area contributed by atoms with Crippen LogP contribution in [-0.4, -0.2) is 65.5 Å². The maximum Gasteiger partial charge on any atom is 0.253 e. The highest BCUT2D eigenvalue weighted by Gasteiger charge is 2.33. The Morgan fingerprint density at radius 3 is 2.32 bits per heavy atom. The van der Waals surface area contributed by atoms with Gasteiger partial charge in [0.05, 0.1) is 6.61 Å². The van der Waals surface area contributed by atoms with E-state index in [1.165, 1.54) is 0 Å². The molecular weight excluding hydrogens is 390 g/mol. The molecule has 2 saturated heterocycles. The Bertz CT molecular complexity index is 1180. The summed E-state index contributed by atoms with van der Waals surface area (Å²) in [6.07, 6.45) is 7.94. The van der Waals surface area contributed by atoms with Crippen LogP contribution in [0, 0.1) is 12.3 Å². The third kappa shape index (κ3) is 3.58. The van der Waals surface area contributed by atoms with Gasteiger partial charge in [0.1, 0.15) is 6.10 Å². The van der Waals surface area contributed by atoms with Gasteiger partial charge in [-0.1, -0.05) is 24.1 Å². The molecule has 3 aromatic rings. The van der Waals surface area contributed by atoms with Crippen LogP contribution in [0.5, 0.6) is 0 Å². The summed E-state index contributed by atoms with van der Waals surface area (Å²) >= 11 is 0. The van der Waals surface area contributed by atoms with Crippen LogP contribution in [0.3, 0.4) is 0 Å². The van der Waals surface area contributed by atoms with Gasteiger partial charge in [0.25, 0.3) is 11.8 Å². The van der Waals surface area contributed by atoms with Crippen molar-refractivity contribution >= 4 is 22.7 Å². The van der Waals surface area contributed by atoms with Crippen molar-refractivity contribution in [1.82, 2.24) is 14.8 Å². The van der Waals surface area contributed by atoms with Crippen molar-refractivity contribution in [3.63, 3.8) is 0 Å². The van der Waals surface area contributed by atoms with Gasteiger partial charge < -0.3 is 19.5 Å². The van der Waals surface area contributed by atoms with Crippen LogP contribution in [0.4, 0.5) is 0 Å². The first-order chi connectivity index (χ1) is 15.1. The lowest BCUT2D eigenvalue weighted by atomic mass is 10.0. The molecule has 0 spiro atoms. The zero-order valence-electron chi connectivity index (χ0n) is 17.1. The average molecular weight is 413 g/mol. The Labute approximate surface area is 180 Å². The number of carbonyl (C=O) groups excluding carboxylic acids is 2. The van der Waals surface area contributed by atoms with Gasteiger partial charge in [-0.25, -0.2) is 0 Å². The van der Waals surface area contributed by atoms with Crippen molar-refractivity contribution in [3.05, 3.63) is 59.8 Å². The SMILES string of the molecule is C#Cc1c[nH]c2ccc(-c3ccc(C(=O)N4CCN(C(=O)C5CCO5)CC4)cc3)cc12. The summed E-state index contributed by atoms with van der Waals surface area (Å²) in [4.78, 5) is 32.0. The number of benzene rings is 2. The second kappa shape index (κ2) is 7.93. The van der Waals surface area contributed by atoms with E-state index >= 15 is 0 Å². The molecule has 0 saturated carbocycles. The largest absolute Gasteiger partial charge is 0.368 e. The van der Waals surface area contributed by atoms with E-state index in [0.717, 1.165) is 34.0 Å². The minimum Gasteiger partial charge on any atom is -0.368 e. The summed E-state index contributed by atoms with van der Waals surface area (Å²) in [6, 6.07) is 13.8. The van der Waals surface area contributed by atoms with Crippen LogP contribution in [-0.2, 0) is 9.53 Å². The highest BCUT2D eigenvalue weighted by Crippen LogP contribution is 2.27. The Morgan fingerprint density at radius 2 is 1.68 bits per heavy atom. The Balaban J connectivity index is 1.26. The summed E-state index contributed by atoms with van der Waals surface area (Å²) in [7, 11) is 0. The lowest BCUT2D eigenvalue weighted by Crippen LogP contribution is -2.54. The molecule has 0 bridgehead atoms. The molecule has 0 radical (unpaired) electrons. The monoisotopic (exact) mass is 413 g/mol. The summed E-state index contributed by atoms with van der Waals surface area (Å²) in [5.74, 6) is 2.74. The second-order valence-corrected chi connectivity index (χ2v) is 7.95. The molecule has 2 aliphatic rings. The van der Waals surface area contributed by atoms with Crippen molar-refractivity contribution in [3.8, 4) is 23.5 Å². The first-order valence-corrected chi connectivity index (χ1v) is 10.5.